The van der Waals surface area contributed by atoms with Crippen LogP contribution in [-0.2, 0) is 0 Å². The summed E-state index contributed by atoms with van der Waals surface area (Å²) in [6, 6.07) is 1.84. The largest absolute Gasteiger partial charge is 0.467 e. The summed E-state index contributed by atoms with van der Waals surface area (Å²) in [6.07, 6.45) is 1.59. The molecule has 7 heteroatoms. The molecule has 17 heavy (non-hydrogen) atoms. The summed E-state index contributed by atoms with van der Waals surface area (Å²) in [5.74, 6) is 1.87. The van der Waals surface area contributed by atoms with Crippen LogP contribution in [0.15, 0.2) is 16.7 Å². The molecule has 0 aliphatic heterocycles. The number of furan rings is 1. The van der Waals surface area contributed by atoms with Gasteiger partial charge in [-0.25, -0.2) is 0 Å². The van der Waals surface area contributed by atoms with Crippen molar-refractivity contribution >= 4 is 23.5 Å². The first-order valence-electron chi connectivity index (χ1n) is 5.05. The van der Waals surface area contributed by atoms with E-state index in [0.717, 1.165) is 11.4 Å². The Hall–Kier alpha value is -2.31. The Kier molecular flexibility index (Phi) is 2.82. The van der Waals surface area contributed by atoms with Crippen LogP contribution in [0.3, 0.4) is 0 Å². The Bertz CT molecular complexity index is 521. The number of aromatic nitrogens is 3. The highest BCUT2D eigenvalue weighted by atomic mass is 16.3. The third-order valence-corrected chi connectivity index (χ3v) is 2.03. The van der Waals surface area contributed by atoms with Crippen molar-refractivity contribution in [3.63, 3.8) is 0 Å². The summed E-state index contributed by atoms with van der Waals surface area (Å²) in [5.41, 5.74) is 6.38. The molecular formula is C10H14N6O. The van der Waals surface area contributed by atoms with Crippen molar-refractivity contribution in [3.8, 4) is 0 Å². The van der Waals surface area contributed by atoms with E-state index in [9.17, 15) is 0 Å². The normalized spacial score (nSPS) is 10.3. The third-order valence-electron chi connectivity index (χ3n) is 2.03. The minimum atomic E-state index is 0.173. The van der Waals surface area contributed by atoms with Crippen LogP contribution in [0.5, 0.6) is 0 Å². The average molecular weight is 234 g/mol. The highest BCUT2D eigenvalue weighted by Gasteiger charge is 2.07. The SMILES string of the molecule is Cc1cc(Nc2nc(N)nc(N(C)C)n2)co1. The van der Waals surface area contributed by atoms with E-state index in [1.165, 1.54) is 0 Å². The van der Waals surface area contributed by atoms with Gasteiger partial charge >= 0.3 is 0 Å². The summed E-state index contributed by atoms with van der Waals surface area (Å²) >= 11 is 0. The Morgan fingerprint density at radius 1 is 1.29 bits per heavy atom. The van der Waals surface area contributed by atoms with Crippen LogP contribution < -0.4 is 16.0 Å². The molecule has 2 rings (SSSR count). The van der Waals surface area contributed by atoms with Crippen LogP contribution >= 0.6 is 0 Å². The summed E-state index contributed by atoms with van der Waals surface area (Å²) < 4.78 is 5.17. The molecule has 0 saturated carbocycles. The van der Waals surface area contributed by atoms with E-state index < -0.39 is 0 Å². The molecule has 0 aromatic carbocycles. The molecule has 0 aliphatic carbocycles. The van der Waals surface area contributed by atoms with Crippen molar-refractivity contribution in [2.45, 2.75) is 6.92 Å². The van der Waals surface area contributed by atoms with Crippen LogP contribution in [0.2, 0.25) is 0 Å². The predicted octanol–water partition coefficient (Wildman–Crippen LogP) is 1.16. The van der Waals surface area contributed by atoms with Crippen molar-refractivity contribution < 1.29 is 4.42 Å². The molecule has 0 aliphatic rings. The smallest absolute Gasteiger partial charge is 0.233 e. The van der Waals surface area contributed by atoms with Crippen LogP contribution in [-0.4, -0.2) is 29.0 Å². The number of aryl methyl sites for hydroxylation is 1. The van der Waals surface area contributed by atoms with Gasteiger partial charge in [-0.3, -0.25) is 0 Å². The van der Waals surface area contributed by atoms with Gasteiger partial charge < -0.3 is 20.4 Å². The van der Waals surface area contributed by atoms with Gasteiger partial charge in [-0.2, -0.15) is 15.0 Å². The van der Waals surface area contributed by atoms with Crippen molar-refractivity contribution in [2.24, 2.45) is 0 Å². The van der Waals surface area contributed by atoms with Crippen LogP contribution in [0.4, 0.5) is 23.5 Å². The number of nitrogens with zero attached hydrogens (tertiary/aromatic N) is 4. The van der Waals surface area contributed by atoms with Crippen molar-refractivity contribution in [1.82, 2.24) is 15.0 Å². The predicted molar refractivity (Wildman–Crippen MR) is 65.3 cm³/mol. The van der Waals surface area contributed by atoms with E-state index in [1.807, 2.05) is 27.1 Å². The summed E-state index contributed by atoms with van der Waals surface area (Å²) in [7, 11) is 3.67. The fourth-order valence-corrected chi connectivity index (χ4v) is 1.27. The van der Waals surface area contributed by atoms with Gasteiger partial charge in [-0.1, -0.05) is 0 Å². The van der Waals surface area contributed by atoms with Gasteiger partial charge in [0.05, 0.1) is 5.69 Å². The molecule has 0 saturated heterocycles. The lowest BCUT2D eigenvalue weighted by atomic mass is 10.4. The maximum atomic E-state index is 5.60. The second kappa shape index (κ2) is 4.28. The lowest BCUT2D eigenvalue weighted by Crippen LogP contribution is -2.15. The molecule has 90 valence electrons. The highest BCUT2D eigenvalue weighted by Crippen LogP contribution is 2.17. The molecule has 0 bridgehead atoms. The number of anilines is 4. The molecule has 3 N–H and O–H groups in total. The second-order valence-corrected chi connectivity index (χ2v) is 3.78. The topological polar surface area (TPSA) is 93.1 Å². The molecule has 7 nitrogen and oxygen atoms in total. The quantitative estimate of drug-likeness (QED) is 0.823. The molecule has 0 atom stereocenters. The van der Waals surface area contributed by atoms with E-state index >= 15 is 0 Å². The molecule has 0 unspecified atom stereocenters. The van der Waals surface area contributed by atoms with Crippen molar-refractivity contribution in [3.05, 3.63) is 18.1 Å². The summed E-state index contributed by atoms with van der Waals surface area (Å²) in [5, 5.41) is 3.00. The standard InChI is InChI=1S/C10H14N6O/c1-6-4-7(5-17-6)12-9-13-8(11)14-10(15-9)16(2)3/h4-5H,1-3H3,(H3,11,12,13,14,15). The zero-order chi connectivity index (χ0) is 12.4. The fraction of sp³-hybridized carbons (Fsp3) is 0.300. The number of nitrogen functional groups attached to an aromatic ring is 1. The summed E-state index contributed by atoms with van der Waals surface area (Å²) in [4.78, 5) is 14.0. The minimum Gasteiger partial charge on any atom is -0.467 e. The van der Waals surface area contributed by atoms with Gasteiger partial charge in [0.15, 0.2) is 0 Å². The van der Waals surface area contributed by atoms with Gasteiger partial charge in [0.2, 0.25) is 17.8 Å². The Morgan fingerprint density at radius 2 is 2.06 bits per heavy atom. The number of hydrogen-bond acceptors (Lipinski definition) is 7. The van der Waals surface area contributed by atoms with Crippen molar-refractivity contribution in [1.29, 1.82) is 0 Å². The van der Waals surface area contributed by atoms with Gasteiger partial charge in [-0.15, -0.1) is 0 Å². The Labute approximate surface area is 98.7 Å². The molecule has 0 fully saturated rings. The van der Waals surface area contributed by atoms with E-state index in [4.69, 9.17) is 10.2 Å². The van der Waals surface area contributed by atoms with Gasteiger partial charge in [0.25, 0.3) is 0 Å². The van der Waals surface area contributed by atoms with E-state index in [1.54, 1.807) is 11.2 Å². The Balaban J connectivity index is 2.26. The van der Waals surface area contributed by atoms with Crippen LogP contribution in [0.25, 0.3) is 0 Å². The molecular weight excluding hydrogens is 220 g/mol. The Morgan fingerprint density at radius 3 is 2.65 bits per heavy atom. The van der Waals surface area contributed by atoms with E-state index in [2.05, 4.69) is 20.3 Å². The van der Waals surface area contributed by atoms with E-state index in [0.29, 0.717) is 11.9 Å². The first-order chi connectivity index (χ1) is 8.04. The highest BCUT2D eigenvalue weighted by molar-refractivity contribution is 5.54. The third kappa shape index (κ3) is 2.63. The maximum absolute atomic E-state index is 5.60. The number of nitrogens with one attached hydrogen (secondary N) is 1. The molecule has 2 heterocycles. The second-order valence-electron chi connectivity index (χ2n) is 3.78. The lowest BCUT2D eigenvalue weighted by molar-refractivity contribution is 0.535. The first-order valence-corrected chi connectivity index (χ1v) is 5.05. The number of hydrogen-bond donors (Lipinski definition) is 2. The minimum absolute atomic E-state index is 0.173. The van der Waals surface area contributed by atoms with Crippen LogP contribution in [0.1, 0.15) is 5.76 Å². The fourth-order valence-electron chi connectivity index (χ4n) is 1.27. The maximum Gasteiger partial charge on any atom is 0.233 e. The van der Waals surface area contributed by atoms with Crippen molar-refractivity contribution in [2.75, 3.05) is 30.0 Å². The van der Waals surface area contributed by atoms with Gasteiger partial charge in [0, 0.05) is 20.2 Å². The first kappa shape index (κ1) is 11.2. The van der Waals surface area contributed by atoms with Gasteiger partial charge in [0.1, 0.15) is 12.0 Å². The average Bonchev–Trinajstić information content (AvgIpc) is 2.63. The monoisotopic (exact) mass is 234 g/mol. The molecule has 2 aromatic rings. The number of rotatable bonds is 3. The zero-order valence-electron chi connectivity index (χ0n) is 9.93. The summed E-state index contributed by atoms with van der Waals surface area (Å²) in [6.45, 7) is 1.86. The van der Waals surface area contributed by atoms with Crippen LogP contribution in [0, 0.1) is 6.92 Å². The zero-order valence-corrected chi connectivity index (χ0v) is 9.93. The van der Waals surface area contributed by atoms with Gasteiger partial charge in [-0.05, 0) is 6.92 Å². The number of nitrogens with two attached hydrogens (primary N) is 1. The lowest BCUT2D eigenvalue weighted by Gasteiger charge is -2.11. The molecule has 0 amide bonds. The molecule has 2 aromatic heterocycles. The molecule has 0 spiro atoms. The molecule has 0 radical (unpaired) electrons. The van der Waals surface area contributed by atoms with E-state index in [-0.39, 0.29) is 5.95 Å².